The molecule has 1 aromatic carbocycles. The van der Waals surface area contributed by atoms with Crippen LogP contribution in [0.5, 0.6) is 0 Å². The monoisotopic (exact) mass is 243 g/mol. The average molecular weight is 243 g/mol. The second-order valence-corrected chi connectivity index (χ2v) is 5.96. The van der Waals surface area contributed by atoms with Crippen molar-refractivity contribution in [1.82, 2.24) is 4.90 Å². The Morgan fingerprint density at radius 3 is 2.72 bits per heavy atom. The van der Waals surface area contributed by atoms with Gasteiger partial charge in [0.2, 0.25) is 0 Å². The molecule has 0 amide bonds. The van der Waals surface area contributed by atoms with Crippen LogP contribution in [0, 0.1) is 6.92 Å². The highest BCUT2D eigenvalue weighted by molar-refractivity contribution is 5.55. The molecule has 0 saturated carbocycles. The van der Waals surface area contributed by atoms with E-state index in [0.29, 0.717) is 12.1 Å². The van der Waals surface area contributed by atoms with Crippen LogP contribution >= 0.6 is 0 Å². The molecule has 2 unspecified atom stereocenters. The minimum atomic E-state index is -0.314. The highest BCUT2D eigenvalue weighted by Crippen LogP contribution is 2.38. The number of hydrogen-bond acceptors (Lipinski definition) is 2. The lowest BCUT2D eigenvalue weighted by Gasteiger charge is -2.31. The van der Waals surface area contributed by atoms with Gasteiger partial charge < -0.3 is 4.90 Å². The Hall–Kier alpha value is -1.28. The molecule has 0 aliphatic carbocycles. The van der Waals surface area contributed by atoms with Gasteiger partial charge in [0, 0.05) is 17.3 Å². The molecule has 18 heavy (non-hydrogen) atoms. The minimum Gasteiger partial charge on any atom is -0.354 e. The van der Waals surface area contributed by atoms with Gasteiger partial charge in [-0.2, -0.15) is 0 Å². The molecule has 0 radical (unpaired) electrons. The summed E-state index contributed by atoms with van der Waals surface area (Å²) in [6, 6.07) is 9.06. The second-order valence-electron chi connectivity index (χ2n) is 5.96. The zero-order chi connectivity index (χ0) is 13.8. The van der Waals surface area contributed by atoms with E-state index in [4.69, 9.17) is 1.37 Å². The first-order valence-corrected chi connectivity index (χ1v) is 6.67. The van der Waals surface area contributed by atoms with Crippen molar-refractivity contribution in [2.45, 2.75) is 45.3 Å². The summed E-state index contributed by atoms with van der Waals surface area (Å²) < 4.78 is 8.65. The predicted molar refractivity (Wildman–Crippen MR) is 76.8 cm³/mol. The molecule has 0 spiro atoms. The summed E-state index contributed by atoms with van der Waals surface area (Å²) in [5.41, 5.74) is 2.41. The van der Waals surface area contributed by atoms with Crippen LogP contribution < -0.4 is 4.90 Å². The Balaban J connectivity index is 2.02. The molecule has 3 rings (SSSR count). The van der Waals surface area contributed by atoms with Gasteiger partial charge in [-0.1, -0.05) is 30.4 Å². The molecule has 2 aliphatic heterocycles. The predicted octanol–water partition coefficient (Wildman–Crippen LogP) is 3.18. The quantitative estimate of drug-likeness (QED) is 0.699. The van der Waals surface area contributed by atoms with Gasteiger partial charge in [0.25, 0.3) is 0 Å². The number of hydrogen-bond donors (Lipinski definition) is 0. The van der Waals surface area contributed by atoms with Crippen LogP contribution in [-0.2, 0) is 0 Å². The largest absolute Gasteiger partial charge is 0.354 e. The van der Waals surface area contributed by atoms with E-state index >= 15 is 0 Å². The molecule has 3 atom stereocenters. The van der Waals surface area contributed by atoms with E-state index in [9.17, 15) is 0 Å². The molecule has 0 aromatic heterocycles. The zero-order valence-corrected chi connectivity index (χ0v) is 11.6. The fourth-order valence-corrected chi connectivity index (χ4v) is 3.05. The Morgan fingerprint density at radius 1 is 1.33 bits per heavy atom. The number of para-hydroxylation sites is 1. The van der Waals surface area contributed by atoms with Crippen molar-refractivity contribution >= 4 is 5.69 Å². The van der Waals surface area contributed by atoms with Crippen LogP contribution in [0.2, 0.25) is 0 Å². The van der Waals surface area contributed by atoms with E-state index in [1.54, 1.807) is 0 Å². The van der Waals surface area contributed by atoms with Gasteiger partial charge in [0.1, 0.15) is 0 Å². The zero-order valence-electron chi connectivity index (χ0n) is 12.6. The smallest absolute Gasteiger partial charge is 0.0723 e. The first kappa shape index (κ1) is 10.6. The fraction of sp³-hybridized carbons (Fsp3) is 0.500. The summed E-state index contributed by atoms with van der Waals surface area (Å²) in [5, 5.41) is 0. The lowest BCUT2D eigenvalue weighted by Crippen LogP contribution is -2.41. The summed E-state index contributed by atoms with van der Waals surface area (Å²) in [5.74, 6) is 0. The first-order chi connectivity index (χ1) is 8.93. The van der Waals surface area contributed by atoms with Crippen molar-refractivity contribution in [3.8, 4) is 0 Å². The highest BCUT2D eigenvalue weighted by atomic mass is 15.4. The molecular weight excluding hydrogens is 220 g/mol. The second kappa shape index (κ2) is 3.86. The van der Waals surface area contributed by atoms with Crippen molar-refractivity contribution in [1.29, 1.82) is 0 Å². The number of nitrogens with zero attached hydrogens (tertiary/aromatic N) is 2. The molecule has 1 saturated heterocycles. The third-order valence-electron chi connectivity index (χ3n) is 4.26. The third kappa shape index (κ3) is 1.59. The van der Waals surface area contributed by atoms with E-state index in [2.05, 4.69) is 73.9 Å². The van der Waals surface area contributed by atoms with Crippen molar-refractivity contribution in [3.63, 3.8) is 0 Å². The Morgan fingerprint density at radius 2 is 2.06 bits per heavy atom. The van der Waals surface area contributed by atoms with E-state index in [-0.39, 0.29) is 12.2 Å². The van der Waals surface area contributed by atoms with E-state index in [1.165, 1.54) is 11.3 Å². The third-order valence-corrected chi connectivity index (χ3v) is 4.26. The molecule has 2 aliphatic rings. The standard InChI is InChI=1S/C16H22N2/c1-12-7-5-6-8-14(12)17-11-18-15(13(17)2)9-10-16(18,3)4/h5-10,13,15H,11H2,1-4H3/t13-,15?/m0/s1/i11D/t11?,13-,15?. The highest BCUT2D eigenvalue weighted by Gasteiger charge is 2.45. The molecule has 1 fully saturated rings. The number of anilines is 1. The van der Waals surface area contributed by atoms with Crippen LogP contribution in [0.25, 0.3) is 0 Å². The minimum absolute atomic E-state index is 0.0250. The van der Waals surface area contributed by atoms with Crippen molar-refractivity contribution in [2.24, 2.45) is 0 Å². The molecule has 1 aromatic rings. The summed E-state index contributed by atoms with van der Waals surface area (Å²) in [6.07, 6.45) is 4.51. The molecule has 0 N–H and O–H groups in total. The molecule has 2 heteroatoms. The fourth-order valence-electron chi connectivity index (χ4n) is 3.05. The van der Waals surface area contributed by atoms with Gasteiger partial charge in [-0.25, -0.2) is 0 Å². The topological polar surface area (TPSA) is 6.48 Å². The lowest BCUT2D eigenvalue weighted by atomic mass is 10.1. The van der Waals surface area contributed by atoms with E-state index in [1.807, 2.05) is 0 Å². The van der Waals surface area contributed by atoms with Crippen molar-refractivity contribution in [3.05, 3.63) is 42.0 Å². The van der Waals surface area contributed by atoms with Crippen LogP contribution in [0.3, 0.4) is 0 Å². The SMILES string of the molecule is [2H]C1N(c2ccccc2C)[C@@H](C)C2C=CC(C)(C)N21. The maximum atomic E-state index is 8.65. The number of benzene rings is 1. The maximum absolute atomic E-state index is 8.65. The van der Waals surface area contributed by atoms with Crippen LogP contribution in [0.4, 0.5) is 5.69 Å². The van der Waals surface area contributed by atoms with Crippen molar-refractivity contribution < 1.29 is 1.37 Å². The Bertz CT molecular complexity index is 523. The van der Waals surface area contributed by atoms with Crippen molar-refractivity contribution in [2.75, 3.05) is 11.5 Å². The van der Waals surface area contributed by atoms with E-state index < -0.39 is 0 Å². The lowest BCUT2D eigenvalue weighted by molar-refractivity contribution is 0.189. The number of fused-ring (bicyclic) bond motifs is 1. The first-order valence-electron chi connectivity index (χ1n) is 7.25. The molecular formula is C16H22N2. The summed E-state index contributed by atoms with van der Waals surface area (Å²) in [7, 11) is 0. The van der Waals surface area contributed by atoms with E-state index in [0.717, 1.165) is 0 Å². The Labute approximate surface area is 111 Å². The van der Waals surface area contributed by atoms with Gasteiger partial charge in [0.15, 0.2) is 0 Å². The maximum Gasteiger partial charge on any atom is 0.0723 e. The van der Waals surface area contributed by atoms with Crippen LogP contribution in [0.1, 0.15) is 27.7 Å². The molecule has 96 valence electrons. The van der Waals surface area contributed by atoms with Crippen LogP contribution in [-0.4, -0.2) is 29.2 Å². The summed E-state index contributed by atoms with van der Waals surface area (Å²) >= 11 is 0. The molecule has 2 nitrogen and oxygen atoms in total. The normalized spacial score (nSPS) is 34.8. The van der Waals surface area contributed by atoms with Gasteiger partial charge in [0.05, 0.1) is 14.1 Å². The van der Waals surface area contributed by atoms with Gasteiger partial charge in [-0.05, 0) is 39.3 Å². The Kier molecular flexibility index (Phi) is 2.28. The number of aryl methyl sites for hydroxylation is 1. The molecule has 2 heterocycles. The summed E-state index contributed by atoms with van der Waals surface area (Å²) in [4.78, 5) is 4.54. The van der Waals surface area contributed by atoms with Gasteiger partial charge >= 0.3 is 0 Å². The average Bonchev–Trinajstić information content (AvgIpc) is 2.79. The molecule has 0 bridgehead atoms. The summed E-state index contributed by atoms with van der Waals surface area (Å²) in [6.45, 7) is 8.42. The van der Waals surface area contributed by atoms with Crippen LogP contribution in [0.15, 0.2) is 36.4 Å². The van der Waals surface area contributed by atoms with Gasteiger partial charge in [-0.15, -0.1) is 0 Å². The van der Waals surface area contributed by atoms with Gasteiger partial charge in [-0.3, -0.25) is 4.90 Å². The number of rotatable bonds is 1.